The van der Waals surface area contributed by atoms with Gasteiger partial charge in [-0.15, -0.1) is 0 Å². The Morgan fingerprint density at radius 3 is 2.96 bits per heavy atom. The largest absolute Gasteiger partial charge is 0.453 e. The first kappa shape index (κ1) is 14.3. The number of aromatic nitrogens is 4. The van der Waals surface area contributed by atoms with Crippen molar-refractivity contribution in [2.24, 2.45) is 5.92 Å². The van der Waals surface area contributed by atoms with Crippen LogP contribution in [-0.2, 0) is 14.3 Å². The van der Waals surface area contributed by atoms with E-state index in [-0.39, 0.29) is 11.7 Å². The highest BCUT2D eigenvalue weighted by molar-refractivity contribution is 5.68. The second-order valence-corrected chi connectivity index (χ2v) is 6.25. The van der Waals surface area contributed by atoms with Crippen molar-refractivity contribution in [3.63, 3.8) is 0 Å². The molecule has 8 nitrogen and oxygen atoms in total. The first-order chi connectivity index (χ1) is 10.8. The SMILES string of the molecule is CC(=O)OC12C(C)C1OC(c1cnc3c(N)ncnn13)C2(C)F. The fraction of sp³-hybridized carbons (Fsp3) is 0.571. The minimum Gasteiger partial charge on any atom is -0.453 e. The van der Waals surface area contributed by atoms with Gasteiger partial charge in [0.05, 0.1) is 11.9 Å². The zero-order valence-electron chi connectivity index (χ0n) is 12.9. The van der Waals surface area contributed by atoms with Crippen LogP contribution in [0.3, 0.4) is 0 Å². The number of hydrogen-bond acceptors (Lipinski definition) is 7. The van der Waals surface area contributed by atoms with Gasteiger partial charge in [0.2, 0.25) is 0 Å². The van der Waals surface area contributed by atoms with Gasteiger partial charge in [0.25, 0.3) is 0 Å². The minimum atomic E-state index is -1.92. The molecule has 9 heteroatoms. The number of anilines is 1. The van der Waals surface area contributed by atoms with E-state index in [1.165, 1.54) is 30.9 Å². The van der Waals surface area contributed by atoms with Crippen LogP contribution < -0.4 is 5.73 Å². The molecule has 23 heavy (non-hydrogen) atoms. The number of rotatable bonds is 2. The molecule has 0 aromatic carbocycles. The second-order valence-electron chi connectivity index (χ2n) is 6.25. The summed E-state index contributed by atoms with van der Waals surface area (Å²) in [5.74, 6) is -0.549. The molecule has 4 rings (SSSR count). The lowest BCUT2D eigenvalue weighted by Crippen LogP contribution is -2.44. The third kappa shape index (κ3) is 1.57. The number of alkyl halides is 1. The smallest absolute Gasteiger partial charge is 0.303 e. The Bertz CT molecular complexity index is 822. The van der Waals surface area contributed by atoms with Crippen molar-refractivity contribution < 1.29 is 18.7 Å². The molecule has 2 aromatic rings. The number of nitrogens with zero attached hydrogens (tertiary/aromatic N) is 4. The van der Waals surface area contributed by atoms with Gasteiger partial charge in [-0.25, -0.2) is 18.9 Å². The Morgan fingerprint density at radius 1 is 1.52 bits per heavy atom. The number of hydrogen-bond donors (Lipinski definition) is 1. The molecule has 0 spiro atoms. The summed E-state index contributed by atoms with van der Waals surface area (Å²) in [5, 5.41) is 4.06. The highest BCUT2D eigenvalue weighted by Crippen LogP contribution is 2.68. The summed E-state index contributed by atoms with van der Waals surface area (Å²) >= 11 is 0. The molecule has 2 fully saturated rings. The lowest BCUT2D eigenvalue weighted by Gasteiger charge is -2.31. The molecule has 3 heterocycles. The molecular weight excluding hydrogens is 305 g/mol. The van der Waals surface area contributed by atoms with Crippen LogP contribution in [0.5, 0.6) is 0 Å². The molecule has 1 aliphatic heterocycles. The standard InChI is InChI=1S/C14H16FN5O3/c1-6-9-14(6,23-7(2)21)13(3,15)10(22-9)8-4-17-12-11(16)18-5-19-20(8)12/h4-6,9-10H,1-3H3,(H2,16,18,19). The predicted octanol–water partition coefficient (Wildman–Crippen LogP) is 0.826. The number of imidazole rings is 1. The van der Waals surface area contributed by atoms with Gasteiger partial charge in [0.1, 0.15) is 18.5 Å². The molecule has 1 aliphatic carbocycles. The average Bonchev–Trinajstić information content (AvgIpc) is 2.81. The number of carbonyl (C=O) groups is 1. The highest BCUT2D eigenvalue weighted by Gasteiger charge is 2.84. The average molecular weight is 321 g/mol. The van der Waals surface area contributed by atoms with Crippen LogP contribution in [0.2, 0.25) is 0 Å². The molecule has 2 N–H and O–H groups in total. The van der Waals surface area contributed by atoms with Crippen molar-refractivity contribution in [1.29, 1.82) is 0 Å². The number of nitrogen functional groups attached to an aromatic ring is 1. The van der Waals surface area contributed by atoms with E-state index in [0.717, 1.165) is 0 Å². The lowest BCUT2D eigenvalue weighted by molar-refractivity contribution is -0.160. The maximum atomic E-state index is 15.7. The second kappa shape index (κ2) is 4.16. The van der Waals surface area contributed by atoms with Crippen LogP contribution >= 0.6 is 0 Å². The van der Waals surface area contributed by atoms with Crippen LogP contribution in [0.15, 0.2) is 12.5 Å². The van der Waals surface area contributed by atoms with Gasteiger partial charge in [0, 0.05) is 12.8 Å². The van der Waals surface area contributed by atoms with E-state index in [0.29, 0.717) is 11.3 Å². The molecule has 1 saturated carbocycles. The molecule has 5 unspecified atom stereocenters. The van der Waals surface area contributed by atoms with Crippen molar-refractivity contribution in [2.45, 2.75) is 44.2 Å². The topological polar surface area (TPSA) is 105 Å². The zero-order chi connectivity index (χ0) is 16.6. The first-order valence-electron chi connectivity index (χ1n) is 7.28. The molecule has 0 radical (unpaired) electrons. The molecule has 5 atom stereocenters. The number of nitrogens with two attached hydrogens (primary N) is 1. The van der Waals surface area contributed by atoms with E-state index in [2.05, 4.69) is 15.1 Å². The fourth-order valence-corrected chi connectivity index (χ4v) is 3.78. The third-order valence-electron chi connectivity index (χ3n) is 4.92. The van der Waals surface area contributed by atoms with E-state index in [1.807, 2.05) is 0 Å². The van der Waals surface area contributed by atoms with Gasteiger partial charge < -0.3 is 15.2 Å². The van der Waals surface area contributed by atoms with Crippen molar-refractivity contribution in [3.8, 4) is 0 Å². The Kier molecular flexibility index (Phi) is 2.59. The van der Waals surface area contributed by atoms with Crippen LogP contribution in [0, 0.1) is 5.92 Å². The summed E-state index contributed by atoms with van der Waals surface area (Å²) in [4.78, 5) is 19.4. The molecule has 1 saturated heterocycles. The van der Waals surface area contributed by atoms with E-state index in [9.17, 15) is 4.79 Å². The van der Waals surface area contributed by atoms with Gasteiger partial charge in [0.15, 0.2) is 22.7 Å². The van der Waals surface area contributed by atoms with E-state index in [4.69, 9.17) is 15.2 Å². The zero-order valence-corrected chi connectivity index (χ0v) is 12.9. The third-order valence-corrected chi connectivity index (χ3v) is 4.92. The van der Waals surface area contributed by atoms with E-state index >= 15 is 4.39 Å². The summed E-state index contributed by atoms with van der Waals surface area (Å²) in [6.07, 6.45) is 1.27. The Labute approximate surface area is 130 Å². The molecule has 2 aliphatic rings. The minimum absolute atomic E-state index is 0.193. The van der Waals surface area contributed by atoms with E-state index < -0.39 is 29.4 Å². The molecule has 0 amide bonds. The first-order valence-corrected chi connectivity index (χ1v) is 7.28. The van der Waals surface area contributed by atoms with Crippen molar-refractivity contribution >= 4 is 17.4 Å². The van der Waals surface area contributed by atoms with Crippen LogP contribution in [0.4, 0.5) is 10.2 Å². The number of esters is 1. The van der Waals surface area contributed by atoms with Crippen LogP contribution in [-0.4, -0.2) is 42.9 Å². The molecule has 0 bridgehead atoms. The maximum Gasteiger partial charge on any atom is 0.303 e. The number of carbonyl (C=O) groups excluding carboxylic acids is 1. The number of halogens is 1. The summed E-state index contributed by atoms with van der Waals surface area (Å²) < 4.78 is 28.2. The van der Waals surface area contributed by atoms with Gasteiger partial charge in [-0.05, 0) is 6.92 Å². The number of ether oxygens (including phenoxy) is 2. The van der Waals surface area contributed by atoms with Crippen molar-refractivity contribution in [1.82, 2.24) is 19.6 Å². The van der Waals surface area contributed by atoms with Crippen LogP contribution in [0.25, 0.3) is 5.65 Å². The Hall–Kier alpha value is -2.29. The van der Waals surface area contributed by atoms with Gasteiger partial charge in [-0.1, -0.05) is 6.92 Å². The monoisotopic (exact) mass is 321 g/mol. The molecular formula is C14H16FN5O3. The summed E-state index contributed by atoms with van der Waals surface area (Å²) in [5.41, 5.74) is 3.30. The van der Waals surface area contributed by atoms with Gasteiger partial charge in [-0.3, -0.25) is 4.79 Å². The fourth-order valence-electron chi connectivity index (χ4n) is 3.78. The van der Waals surface area contributed by atoms with Crippen LogP contribution in [0.1, 0.15) is 32.6 Å². The number of fused-ring (bicyclic) bond motifs is 2. The lowest BCUT2D eigenvalue weighted by atomic mass is 9.90. The quantitative estimate of drug-likeness (QED) is 0.817. The van der Waals surface area contributed by atoms with Crippen molar-refractivity contribution in [3.05, 3.63) is 18.2 Å². The predicted molar refractivity (Wildman–Crippen MR) is 76.0 cm³/mol. The molecule has 2 aromatic heterocycles. The van der Waals surface area contributed by atoms with Gasteiger partial charge >= 0.3 is 5.97 Å². The van der Waals surface area contributed by atoms with E-state index in [1.54, 1.807) is 6.92 Å². The highest BCUT2D eigenvalue weighted by atomic mass is 19.1. The van der Waals surface area contributed by atoms with Gasteiger partial charge in [-0.2, -0.15) is 5.10 Å². The summed E-state index contributed by atoms with van der Waals surface area (Å²) in [6, 6.07) is 0. The Morgan fingerprint density at radius 2 is 2.26 bits per heavy atom. The Balaban J connectivity index is 1.79. The maximum absolute atomic E-state index is 15.7. The normalized spacial score (nSPS) is 38.5. The summed E-state index contributed by atoms with van der Waals surface area (Å²) in [7, 11) is 0. The molecule has 122 valence electrons. The summed E-state index contributed by atoms with van der Waals surface area (Å²) in [6.45, 7) is 4.45. The van der Waals surface area contributed by atoms with Crippen molar-refractivity contribution in [2.75, 3.05) is 5.73 Å².